The van der Waals surface area contributed by atoms with Crippen LogP contribution in [0.15, 0.2) is 26.9 Å². The Morgan fingerprint density at radius 1 is 1.19 bits per heavy atom. The smallest absolute Gasteiger partial charge is 0.350 e. The van der Waals surface area contributed by atoms with Crippen LogP contribution in [0.5, 0.6) is 0 Å². The topological polar surface area (TPSA) is 99.1 Å². The lowest BCUT2D eigenvalue weighted by Crippen LogP contribution is -2.15. The molecule has 0 saturated carbocycles. The average Bonchev–Trinajstić information content (AvgIpc) is 3.13. The van der Waals surface area contributed by atoms with Crippen LogP contribution in [0.2, 0.25) is 0 Å². The van der Waals surface area contributed by atoms with Crippen molar-refractivity contribution in [3.05, 3.63) is 40.6 Å². The highest BCUT2D eigenvalue weighted by Crippen LogP contribution is 2.44. The summed E-state index contributed by atoms with van der Waals surface area (Å²) in [7, 11) is -4.63. The number of hydrogen-bond acceptors (Lipinski definition) is 6. The molecule has 0 aliphatic carbocycles. The Kier molecular flexibility index (Phi) is 4.56. The third-order valence-corrected chi connectivity index (χ3v) is 5.26. The Morgan fingerprint density at radius 3 is 2.37 bits per heavy atom. The van der Waals surface area contributed by atoms with E-state index in [2.05, 4.69) is 14.7 Å². The molecule has 0 radical (unpaired) electrons. The molecule has 144 valence electrons. The molecule has 3 rings (SSSR count). The van der Waals surface area contributed by atoms with E-state index in [9.17, 15) is 30.4 Å². The number of aromatic nitrogens is 2. The van der Waals surface area contributed by atoms with Gasteiger partial charge in [0.05, 0.1) is 5.56 Å². The van der Waals surface area contributed by atoms with Crippen molar-refractivity contribution in [1.29, 1.82) is 0 Å². The highest BCUT2D eigenvalue weighted by Gasteiger charge is 2.42. The Balaban J connectivity index is 2.34. The molecule has 1 aromatic carbocycles. The average molecular weight is 425 g/mol. The first-order valence-electron chi connectivity index (χ1n) is 6.91. The minimum atomic E-state index is -5.07. The van der Waals surface area contributed by atoms with E-state index in [1.165, 1.54) is 5.38 Å². The van der Waals surface area contributed by atoms with Gasteiger partial charge in [0, 0.05) is 16.6 Å². The molecule has 0 unspecified atom stereocenters. The van der Waals surface area contributed by atoms with Crippen molar-refractivity contribution in [2.45, 2.75) is 18.0 Å². The number of rotatable bonds is 3. The molecule has 13 heteroatoms. The number of aryl methyl sites for hydroxylation is 1. The van der Waals surface area contributed by atoms with E-state index in [1.807, 2.05) is 0 Å². The van der Waals surface area contributed by atoms with Crippen molar-refractivity contribution in [3.63, 3.8) is 0 Å². The molecule has 2 heterocycles. The molecule has 0 saturated heterocycles. The van der Waals surface area contributed by atoms with E-state index in [0.29, 0.717) is 11.8 Å². The molecule has 6 nitrogen and oxygen atoms in total. The van der Waals surface area contributed by atoms with Crippen molar-refractivity contribution in [2.75, 3.05) is 0 Å². The van der Waals surface area contributed by atoms with Crippen LogP contribution in [0.4, 0.5) is 22.0 Å². The number of thiazole rings is 1. The predicted molar refractivity (Wildman–Crippen MR) is 84.1 cm³/mol. The monoisotopic (exact) mass is 425 g/mol. The zero-order valence-corrected chi connectivity index (χ0v) is 14.8. The molecule has 0 amide bonds. The fourth-order valence-electron chi connectivity index (χ4n) is 2.28. The van der Waals surface area contributed by atoms with Crippen molar-refractivity contribution in [2.24, 2.45) is 5.14 Å². The first-order valence-corrected chi connectivity index (χ1v) is 9.33. The van der Waals surface area contributed by atoms with Crippen LogP contribution in [0, 0.1) is 18.6 Å². The zero-order valence-electron chi connectivity index (χ0n) is 13.1. The van der Waals surface area contributed by atoms with Gasteiger partial charge in [-0.3, -0.25) is 0 Å². The summed E-state index contributed by atoms with van der Waals surface area (Å²) in [5.74, 6) is -4.65. The standard InChI is InChI=1S/C14H8F5N3O3S2/c1-5-4-26-13(21-5)11-10(12(25-22-11)14(17,18)19)6-2-8(16)9(3-7(6)15)27(20,23)24/h2-4H,1H3,(H2,20,23,24). The van der Waals surface area contributed by atoms with Gasteiger partial charge in [-0.2, -0.15) is 13.2 Å². The molecule has 2 N–H and O–H groups in total. The van der Waals surface area contributed by atoms with Gasteiger partial charge in [0.15, 0.2) is 5.69 Å². The summed E-state index contributed by atoms with van der Waals surface area (Å²) < 4.78 is 95.3. The van der Waals surface area contributed by atoms with E-state index in [-0.39, 0.29) is 11.1 Å². The molecule has 0 fully saturated rings. The van der Waals surface area contributed by atoms with E-state index < -0.39 is 55.3 Å². The summed E-state index contributed by atoms with van der Waals surface area (Å²) in [6.45, 7) is 1.57. The Bertz CT molecular complexity index is 1140. The van der Waals surface area contributed by atoms with Crippen molar-refractivity contribution >= 4 is 21.4 Å². The van der Waals surface area contributed by atoms with Crippen molar-refractivity contribution in [3.8, 4) is 21.8 Å². The van der Waals surface area contributed by atoms with Gasteiger partial charge in [-0.25, -0.2) is 27.3 Å². The van der Waals surface area contributed by atoms with Gasteiger partial charge >= 0.3 is 6.18 Å². The summed E-state index contributed by atoms with van der Waals surface area (Å²) in [4.78, 5) is 2.77. The second-order valence-corrected chi connectivity index (χ2v) is 7.72. The summed E-state index contributed by atoms with van der Waals surface area (Å²) >= 11 is 0.920. The van der Waals surface area contributed by atoms with Gasteiger partial charge in [-0.15, -0.1) is 11.3 Å². The van der Waals surface area contributed by atoms with E-state index in [1.54, 1.807) is 6.92 Å². The summed E-state index contributed by atoms with van der Waals surface area (Å²) in [5, 5.41) is 9.57. The Hall–Kier alpha value is -2.38. The van der Waals surface area contributed by atoms with Crippen LogP contribution in [0.3, 0.4) is 0 Å². The lowest BCUT2D eigenvalue weighted by atomic mass is 10.0. The zero-order chi connectivity index (χ0) is 20.1. The van der Waals surface area contributed by atoms with E-state index in [0.717, 1.165) is 11.3 Å². The van der Waals surface area contributed by atoms with Gasteiger partial charge in [-0.05, 0) is 19.1 Å². The maximum absolute atomic E-state index is 14.5. The van der Waals surface area contributed by atoms with Gasteiger partial charge < -0.3 is 4.52 Å². The van der Waals surface area contributed by atoms with Gasteiger partial charge in [0.25, 0.3) is 0 Å². The SMILES string of the molecule is Cc1csc(-c2noc(C(F)(F)F)c2-c2cc(F)c(S(N)(=O)=O)cc2F)n1. The summed E-state index contributed by atoms with van der Waals surface area (Å²) in [6.07, 6.45) is -5.07. The highest BCUT2D eigenvalue weighted by atomic mass is 32.2. The Labute approximate surface area is 152 Å². The van der Waals surface area contributed by atoms with Gasteiger partial charge in [-0.1, -0.05) is 5.16 Å². The first-order chi connectivity index (χ1) is 12.4. The fraction of sp³-hybridized carbons (Fsp3) is 0.143. The maximum Gasteiger partial charge on any atom is 0.453 e. The maximum atomic E-state index is 14.5. The normalized spacial score (nSPS) is 12.6. The molecule has 2 aromatic heterocycles. The number of sulfonamides is 1. The third-order valence-electron chi connectivity index (χ3n) is 3.37. The third kappa shape index (κ3) is 3.57. The van der Waals surface area contributed by atoms with Crippen LogP contribution >= 0.6 is 11.3 Å². The predicted octanol–water partition coefficient (Wildman–Crippen LogP) is 3.72. The van der Waals surface area contributed by atoms with Crippen molar-refractivity contribution in [1.82, 2.24) is 10.1 Å². The number of nitrogens with zero attached hydrogens (tertiary/aromatic N) is 2. The molecule has 0 aliphatic rings. The quantitative estimate of drug-likeness (QED) is 0.645. The fourth-order valence-corrected chi connectivity index (χ4v) is 3.66. The van der Waals surface area contributed by atoms with E-state index >= 15 is 0 Å². The molecular formula is C14H8F5N3O3S2. The molecular weight excluding hydrogens is 417 g/mol. The second-order valence-electron chi connectivity index (χ2n) is 5.33. The summed E-state index contributed by atoms with van der Waals surface area (Å²) in [5.41, 5.74) is -1.78. The lowest BCUT2D eigenvalue weighted by Gasteiger charge is -2.09. The number of hydrogen-bond donors (Lipinski definition) is 1. The largest absolute Gasteiger partial charge is 0.453 e. The molecule has 0 atom stereocenters. The molecule has 3 aromatic rings. The second kappa shape index (κ2) is 6.35. The Morgan fingerprint density at radius 2 is 1.85 bits per heavy atom. The number of benzene rings is 1. The lowest BCUT2D eigenvalue weighted by molar-refractivity contribution is -0.154. The van der Waals surface area contributed by atoms with Crippen LogP contribution in [-0.4, -0.2) is 18.6 Å². The molecule has 0 aliphatic heterocycles. The molecule has 27 heavy (non-hydrogen) atoms. The van der Waals surface area contributed by atoms with Crippen LogP contribution in [0.25, 0.3) is 21.8 Å². The minimum Gasteiger partial charge on any atom is -0.350 e. The summed E-state index contributed by atoms with van der Waals surface area (Å²) in [6, 6.07) is 0.491. The van der Waals surface area contributed by atoms with E-state index in [4.69, 9.17) is 5.14 Å². The number of primary sulfonamides is 1. The van der Waals surface area contributed by atoms with Crippen LogP contribution < -0.4 is 5.14 Å². The number of nitrogens with two attached hydrogens (primary N) is 1. The van der Waals surface area contributed by atoms with Crippen LogP contribution in [-0.2, 0) is 16.2 Å². The van der Waals surface area contributed by atoms with Crippen LogP contribution in [0.1, 0.15) is 11.5 Å². The number of halogens is 5. The van der Waals surface area contributed by atoms with Crippen molar-refractivity contribution < 1.29 is 34.9 Å². The minimum absolute atomic E-state index is 0.0166. The molecule has 0 bridgehead atoms. The van der Waals surface area contributed by atoms with Gasteiger partial charge in [0.1, 0.15) is 21.5 Å². The first kappa shape index (κ1) is 19.4. The molecule has 0 spiro atoms. The number of alkyl halides is 3. The highest BCUT2D eigenvalue weighted by molar-refractivity contribution is 7.89. The van der Waals surface area contributed by atoms with Gasteiger partial charge in [0.2, 0.25) is 15.8 Å².